The number of rotatable bonds is 42. The first-order valence-corrected chi connectivity index (χ1v) is 25.3. The van der Waals surface area contributed by atoms with Crippen LogP contribution in [0.2, 0.25) is 0 Å². The lowest BCUT2D eigenvalue weighted by molar-refractivity contribution is -0.146. The molecule has 1 aliphatic heterocycles. The van der Waals surface area contributed by atoms with Crippen molar-refractivity contribution in [2.24, 2.45) is 17.8 Å². The van der Waals surface area contributed by atoms with Gasteiger partial charge in [-0.3, -0.25) is 19.3 Å². The second-order valence-corrected chi connectivity index (χ2v) is 17.7. The molecule has 1 aliphatic rings. The van der Waals surface area contributed by atoms with Crippen LogP contribution in [0.5, 0.6) is 0 Å². The molecule has 1 rings (SSSR count). The van der Waals surface area contributed by atoms with Gasteiger partial charge in [0.25, 0.3) is 0 Å². The predicted molar refractivity (Wildman–Crippen MR) is 249 cm³/mol. The van der Waals surface area contributed by atoms with Gasteiger partial charge >= 0.3 is 11.9 Å². The molecule has 1 fully saturated rings. The summed E-state index contributed by atoms with van der Waals surface area (Å²) in [6.45, 7) is 14.5. The molecule has 0 atom stereocenters. The topological polar surface area (TPSA) is 82.1 Å². The monoisotopic (exact) mass is 830 g/mol. The van der Waals surface area contributed by atoms with Gasteiger partial charge in [-0.15, -0.1) is 0 Å². The maximum Gasteiger partial charge on any atom is 0.305 e. The summed E-state index contributed by atoms with van der Waals surface area (Å²) < 4.78 is 16.3. The smallest absolute Gasteiger partial charge is 0.305 e. The van der Waals surface area contributed by atoms with Crippen LogP contribution in [0.3, 0.4) is 0 Å². The number of hydrogen-bond acceptors (Lipinski definition) is 7. The summed E-state index contributed by atoms with van der Waals surface area (Å²) in [5.74, 6) is 1.97. The van der Waals surface area contributed by atoms with E-state index in [0.29, 0.717) is 49.6 Å². The number of Topliss-reactive ketones (excluding diaryl/α,β-unsaturated/α-hetero) is 1. The van der Waals surface area contributed by atoms with E-state index in [-0.39, 0.29) is 11.9 Å². The maximum absolute atomic E-state index is 13.1. The predicted octanol–water partition coefficient (Wildman–Crippen LogP) is 14.1. The number of morpholine rings is 1. The Bertz CT molecular complexity index is 966. The minimum atomic E-state index is -0.0359. The molecule has 0 aromatic heterocycles. The van der Waals surface area contributed by atoms with E-state index in [9.17, 15) is 14.4 Å². The Morgan fingerprint density at radius 2 is 0.881 bits per heavy atom. The molecule has 0 N–H and O–H groups in total. The van der Waals surface area contributed by atoms with Crippen molar-refractivity contribution in [2.75, 3.05) is 46.1 Å². The highest BCUT2D eigenvalue weighted by Gasteiger charge is 2.16. The number of ketones is 1. The van der Waals surface area contributed by atoms with Crippen LogP contribution in [0.25, 0.3) is 0 Å². The fourth-order valence-corrected chi connectivity index (χ4v) is 8.05. The van der Waals surface area contributed by atoms with E-state index < -0.39 is 0 Å². The van der Waals surface area contributed by atoms with Gasteiger partial charge < -0.3 is 14.2 Å². The normalized spacial score (nSPS) is 13.8. The molecule has 0 aromatic carbocycles. The van der Waals surface area contributed by atoms with Crippen LogP contribution in [0.4, 0.5) is 0 Å². The van der Waals surface area contributed by atoms with Crippen molar-refractivity contribution in [1.29, 1.82) is 0 Å². The molecule has 7 heteroatoms. The molecule has 1 saturated heterocycles. The second-order valence-electron chi connectivity index (χ2n) is 17.7. The van der Waals surface area contributed by atoms with E-state index in [1.807, 2.05) is 0 Å². The lowest BCUT2D eigenvalue weighted by Gasteiger charge is -2.26. The van der Waals surface area contributed by atoms with E-state index in [0.717, 1.165) is 129 Å². The van der Waals surface area contributed by atoms with Crippen LogP contribution < -0.4 is 0 Å². The van der Waals surface area contributed by atoms with Crippen molar-refractivity contribution in [2.45, 2.75) is 227 Å². The maximum atomic E-state index is 13.1. The van der Waals surface area contributed by atoms with Crippen LogP contribution in [-0.4, -0.2) is 68.7 Å². The zero-order chi connectivity index (χ0) is 42.9. The highest BCUT2D eigenvalue weighted by Crippen LogP contribution is 2.24. The summed E-state index contributed by atoms with van der Waals surface area (Å²) in [5, 5.41) is 0. The number of unbranched alkanes of at least 4 members (excludes halogenated alkanes) is 16. The van der Waals surface area contributed by atoms with Gasteiger partial charge in [0.1, 0.15) is 5.78 Å². The number of carbonyl (C=O) groups excluding carboxylic acids is 3. The molecule has 0 bridgehead atoms. The van der Waals surface area contributed by atoms with Gasteiger partial charge in [-0.25, -0.2) is 0 Å². The van der Waals surface area contributed by atoms with Gasteiger partial charge in [-0.05, 0) is 94.9 Å². The zero-order valence-corrected chi connectivity index (χ0v) is 39.3. The summed E-state index contributed by atoms with van der Waals surface area (Å²) in [4.78, 5) is 39.4. The Kier molecular flexibility index (Phi) is 38.6. The fraction of sp³-hybridized carbons (Fsp3) is 0.865. The quantitative estimate of drug-likeness (QED) is 0.0344. The molecule has 0 radical (unpaired) electrons. The number of carbonyl (C=O) groups is 3. The molecule has 59 heavy (non-hydrogen) atoms. The van der Waals surface area contributed by atoms with Gasteiger partial charge in [0, 0.05) is 38.8 Å². The molecule has 0 aliphatic carbocycles. The highest BCUT2D eigenvalue weighted by atomic mass is 16.5. The first kappa shape index (κ1) is 55.0. The van der Waals surface area contributed by atoms with Gasteiger partial charge in [0.15, 0.2) is 0 Å². The van der Waals surface area contributed by atoms with E-state index >= 15 is 0 Å². The van der Waals surface area contributed by atoms with Crippen molar-refractivity contribution >= 4 is 17.7 Å². The standard InChI is InChI=1S/C52H95NO6/c1-5-47(6-2)45-58-51(55)37-31-27-23-19-15-11-9-13-17-21-25-29-34-49(44-50(54)36-33-39-53-40-42-57-43-41-53)35-30-26-22-18-14-10-12-16-20-24-28-32-38-52(56)59-46-48(7-3)8-4/h15-16,19-20,47-49H,5-14,17-18,21-46H2,1-4H3/b19-15-,20-16-. The van der Waals surface area contributed by atoms with Crippen molar-refractivity contribution < 1.29 is 28.6 Å². The third-order valence-corrected chi connectivity index (χ3v) is 12.6. The summed E-state index contributed by atoms with van der Waals surface area (Å²) in [7, 11) is 0. The minimum Gasteiger partial charge on any atom is -0.465 e. The lowest BCUT2D eigenvalue weighted by atomic mass is 9.89. The molecule has 0 aromatic rings. The Hall–Kier alpha value is -1.99. The average Bonchev–Trinajstić information content (AvgIpc) is 3.24. The van der Waals surface area contributed by atoms with E-state index in [4.69, 9.17) is 14.2 Å². The Labute approximate surface area is 365 Å². The molecule has 0 spiro atoms. The molecule has 7 nitrogen and oxygen atoms in total. The van der Waals surface area contributed by atoms with E-state index in [1.165, 1.54) is 89.9 Å². The van der Waals surface area contributed by atoms with Crippen molar-refractivity contribution in [1.82, 2.24) is 4.90 Å². The summed E-state index contributed by atoms with van der Waals surface area (Å²) in [6, 6.07) is 0. The minimum absolute atomic E-state index is 0.0359. The van der Waals surface area contributed by atoms with Crippen LogP contribution in [0.15, 0.2) is 24.3 Å². The van der Waals surface area contributed by atoms with Gasteiger partial charge in [0.05, 0.1) is 26.4 Å². The van der Waals surface area contributed by atoms with E-state index in [1.54, 1.807) is 0 Å². The van der Waals surface area contributed by atoms with E-state index in [2.05, 4.69) is 56.9 Å². The molecule has 0 amide bonds. The fourth-order valence-electron chi connectivity index (χ4n) is 8.05. The molecule has 344 valence electrons. The molecule has 1 heterocycles. The van der Waals surface area contributed by atoms with Crippen LogP contribution in [0, 0.1) is 17.8 Å². The largest absolute Gasteiger partial charge is 0.465 e. The lowest BCUT2D eigenvalue weighted by Crippen LogP contribution is -2.37. The first-order chi connectivity index (χ1) is 28.9. The third-order valence-electron chi connectivity index (χ3n) is 12.6. The number of allylic oxidation sites excluding steroid dienone is 4. The molecular formula is C52H95NO6. The van der Waals surface area contributed by atoms with Crippen LogP contribution in [-0.2, 0) is 28.6 Å². The van der Waals surface area contributed by atoms with Gasteiger partial charge in [0.2, 0.25) is 0 Å². The number of hydrogen-bond donors (Lipinski definition) is 0. The summed E-state index contributed by atoms with van der Waals surface area (Å²) >= 11 is 0. The summed E-state index contributed by atoms with van der Waals surface area (Å²) in [5.41, 5.74) is 0. The van der Waals surface area contributed by atoms with Crippen molar-refractivity contribution in [3.63, 3.8) is 0 Å². The number of ether oxygens (including phenoxy) is 3. The molecule has 0 saturated carbocycles. The zero-order valence-electron chi connectivity index (χ0n) is 39.3. The van der Waals surface area contributed by atoms with Crippen molar-refractivity contribution in [3.05, 3.63) is 24.3 Å². The SMILES string of the molecule is CCC(CC)COC(=O)CCCC/C=C\CCCCCCCCC(CCCCCCCC/C=C\CCCCC(=O)OCC(CC)CC)CC(=O)CCCN1CCOCC1. The Morgan fingerprint density at radius 3 is 1.31 bits per heavy atom. The van der Waals surface area contributed by atoms with Crippen molar-refractivity contribution in [3.8, 4) is 0 Å². The number of esters is 2. The highest BCUT2D eigenvalue weighted by molar-refractivity contribution is 5.78. The average molecular weight is 830 g/mol. The number of nitrogens with zero attached hydrogens (tertiary/aromatic N) is 1. The third kappa shape index (κ3) is 35.3. The van der Waals surface area contributed by atoms with Gasteiger partial charge in [-0.1, -0.05) is 155 Å². The first-order valence-electron chi connectivity index (χ1n) is 25.3. The second kappa shape index (κ2) is 41.4. The Morgan fingerprint density at radius 1 is 0.492 bits per heavy atom. The molecular weight excluding hydrogens is 735 g/mol. The summed E-state index contributed by atoms with van der Waals surface area (Å²) in [6.07, 6.45) is 43.4. The van der Waals surface area contributed by atoms with Gasteiger partial charge in [-0.2, -0.15) is 0 Å². The molecule has 0 unspecified atom stereocenters. The van der Waals surface area contributed by atoms with Crippen LogP contribution >= 0.6 is 0 Å². The Balaban J connectivity index is 2.16. The van der Waals surface area contributed by atoms with Crippen LogP contribution in [0.1, 0.15) is 227 Å².